The molecule has 0 unspecified atom stereocenters. The van der Waals surface area contributed by atoms with Crippen molar-refractivity contribution >= 4 is 11.9 Å². The Morgan fingerprint density at radius 2 is 2.11 bits per heavy atom. The summed E-state index contributed by atoms with van der Waals surface area (Å²) >= 11 is 0. The van der Waals surface area contributed by atoms with Gasteiger partial charge in [-0.3, -0.25) is 4.79 Å². The fourth-order valence-corrected chi connectivity index (χ4v) is 2.20. The fourth-order valence-electron chi connectivity index (χ4n) is 2.20. The van der Waals surface area contributed by atoms with Crippen LogP contribution in [0.1, 0.15) is 27.6 Å². The van der Waals surface area contributed by atoms with Crippen molar-refractivity contribution in [3.05, 3.63) is 35.4 Å². The molecular weight excluding hydrogens is 244 g/mol. The minimum atomic E-state index is -0.427. The second-order valence-corrected chi connectivity index (χ2v) is 4.68. The van der Waals surface area contributed by atoms with E-state index >= 15 is 0 Å². The molecule has 1 atom stereocenters. The van der Waals surface area contributed by atoms with Gasteiger partial charge in [-0.2, -0.15) is 0 Å². The molecule has 0 radical (unpaired) electrons. The van der Waals surface area contributed by atoms with Gasteiger partial charge in [0.15, 0.2) is 0 Å². The fraction of sp³-hybridized carbons (Fsp3) is 0.429. The monoisotopic (exact) mass is 262 g/mol. The van der Waals surface area contributed by atoms with E-state index in [1.807, 2.05) is 6.92 Å². The van der Waals surface area contributed by atoms with Gasteiger partial charge >= 0.3 is 5.97 Å². The predicted molar refractivity (Wildman–Crippen MR) is 71.1 cm³/mol. The number of esters is 1. The molecule has 1 amide bonds. The second-order valence-electron chi connectivity index (χ2n) is 4.68. The van der Waals surface area contributed by atoms with Gasteiger partial charge in [-0.1, -0.05) is 6.07 Å². The molecule has 0 spiro atoms. The maximum Gasteiger partial charge on any atom is 0.337 e. The van der Waals surface area contributed by atoms with E-state index in [2.05, 4.69) is 10.1 Å². The molecule has 0 aliphatic carbocycles. The van der Waals surface area contributed by atoms with Crippen molar-refractivity contribution in [1.82, 2.24) is 10.2 Å². The number of hydrogen-bond acceptors (Lipinski definition) is 4. The molecule has 1 heterocycles. The summed E-state index contributed by atoms with van der Waals surface area (Å²) in [4.78, 5) is 25.6. The zero-order chi connectivity index (χ0) is 13.8. The Kier molecular flexibility index (Phi) is 4.16. The summed E-state index contributed by atoms with van der Waals surface area (Å²) in [5.41, 5.74) is 0.925. The highest BCUT2D eigenvalue weighted by atomic mass is 16.5. The van der Waals surface area contributed by atoms with Crippen LogP contribution in [0.3, 0.4) is 0 Å². The van der Waals surface area contributed by atoms with Crippen LogP contribution in [0.15, 0.2) is 24.3 Å². The molecule has 102 valence electrons. The van der Waals surface area contributed by atoms with Crippen LogP contribution in [-0.4, -0.2) is 49.6 Å². The number of rotatable bonds is 2. The Labute approximate surface area is 112 Å². The maximum atomic E-state index is 12.4. The van der Waals surface area contributed by atoms with Crippen molar-refractivity contribution < 1.29 is 14.3 Å². The number of ether oxygens (including phenoxy) is 1. The molecule has 1 aliphatic rings. The Hall–Kier alpha value is -1.88. The molecule has 1 aliphatic heterocycles. The maximum absolute atomic E-state index is 12.4. The Morgan fingerprint density at radius 1 is 1.37 bits per heavy atom. The van der Waals surface area contributed by atoms with Crippen LogP contribution in [0.25, 0.3) is 0 Å². The lowest BCUT2D eigenvalue weighted by Crippen LogP contribution is -2.51. The van der Waals surface area contributed by atoms with Gasteiger partial charge in [0, 0.05) is 31.2 Å². The average Bonchev–Trinajstić information content (AvgIpc) is 2.45. The smallest absolute Gasteiger partial charge is 0.337 e. The SMILES string of the molecule is COC(=O)c1cccc(C(=O)N2CCN[C@H](C)C2)c1. The van der Waals surface area contributed by atoms with Crippen molar-refractivity contribution in [3.63, 3.8) is 0 Å². The van der Waals surface area contributed by atoms with Crippen LogP contribution < -0.4 is 5.32 Å². The molecule has 1 aromatic carbocycles. The highest BCUT2D eigenvalue weighted by Crippen LogP contribution is 2.11. The highest BCUT2D eigenvalue weighted by molar-refractivity contribution is 5.98. The molecule has 1 aromatic rings. The molecule has 2 rings (SSSR count). The van der Waals surface area contributed by atoms with E-state index in [9.17, 15) is 9.59 Å². The molecule has 1 N–H and O–H groups in total. The first kappa shape index (κ1) is 13.5. The summed E-state index contributed by atoms with van der Waals surface area (Å²) in [6.07, 6.45) is 0. The van der Waals surface area contributed by atoms with Gasteiger partial charge in [-0.15, -0.1) is 0 Å². The van der Waals surface area contributed by atoms with Gasteiger partial charge in [0.2, 0.25) is 0 Å². The lowest BCUT2D eigenvalue weighted by Gasteiger charge is -2.32. The molecule has 1 fully saturated rings. The molecule has 1 saturated heterocycles. The van der Waals surface area contributed by atoms with E-state index in [-0.39, 0.29) is 5.91 Å². The summed E-state index contributed by atoms with van der Waals surface area (Å²) < 4.78 is 4.66. The number of benzene rings is 1. The van der Waals surface area contributed by atoms with Crippen molar-refractivity contribution in [3.8, 4) is 0 Å². The predicted octanol–water partition coefficient (Wildman–Crippen LogP) is 0.907. The summed E-state index contributed by atoms with van der Waals surface area (Å²) in [6, 6.07) is 6.94. The second kappa shape index (κ2) is 5.84. The third-order valence-corrected chi connectivity index (χ3v) is 3.19. The quantitative estimate of drug-likeness (QED) is 0.805. The van der Waals surface area contributed by atoms with E-state index in [0.717, 1.165) is 6.54 Å². The Morgan fingerprint density at radius 3 is 2.79 bits per heavy atom. The summed E-state index contributed by atoms with van der Waals surface area (Å²) in [6.45, 7) is 4.21. The van der Waals surface area contributed by atoms with Gasteiger partial charge in [0.05, 0.1) is 12.7 Å². The van der Waals surface area contributed by atoms with Gasteiger partial charge in [-0.05, 0) is 25.1 Å². The summed E-state index contributed by atoms with van der Waals surface area (Å²) in [5.74, 6) is -0.470. The average molecular weight is 262 g/mol. The third-order valence-electron chi connectivity index (χ3n) is 3.19. The van der Waals surface area contributed by atoms with Gasteiger partial charge in [0.25, 0.3) is 5.91 Å². The number of piperazine rings is 1. The van der Waals surface area contributed by atoms with Crippen molar-refractivity contribution in [1.29, 1.82) is 0 Å². The first-order valence-electron chi connectivity index (χ1n) is 6.33. The lowest BCUT2D eigenvalue weighted by molar-refractivity contribution is 0.0600. The number of hydrogen-bond donors (Lipinski definition) is 1. The molecule has 19 heavy (non-hydrogen) atoms. The van der Waals surface area contributed by atoms with E-state index < -0.39 is 5.97 Å². The standard InChI is InChI=1S/C14H18N2O3/c1-10-9-16(7-6-15-10)13(17)11-4-3-5-12(8-11)14(18)19-2/h3-5,8,10,15H,6-7,9H2,1-2H3/t10-/m1/s1. The third kappa shape index (κ3) is 3.12. The van der Waals surface area contributed by atoms with Crippen LogP contribution in [-0.2, 0) is 4.74 Å². The molecule has 0 saturated carbocycles. The van der Waals surface area contributed by atoms with Crippen LogP contribution in [0.2, 0.25) is 0 Å². The molecule has 0 aromatic heterocycles. The number of nitrogens with zero attached hydrogens (tertiary/aromatic N) is 1. The minimum Gasteiger partial charge on any atom is -0.465 e. The van der Waals surface area contributed by atoms with Crippen molar-refractivity contribution in [2.75, 3.05) is 26.7 Å². The van der Waals surface area contributed by atoms with Crippen molar-refractivity contribution in [2.24, 2.45) is 0 Å². The highest BCUT2D eigenvalue weighted by Gasteiger charge is 2.22. The Bertz CT molecular complexity index is 487. The van der Waals surface area contributed by atoms with E-state index in [1.165, 1.54) is 7.11 Å². The molecule has 5 nitrogen and oxygen atoms in total. The van der Waals surface area contributed by atoms with Crippen LogP contribution in [0.4, 0.5) is 0 Å². The van der Waals surface area contributed by atoms with E-state index in [4.69, 9.17) is 0 Å². The number of carbonyl (C=O) groups is 2. The van der Waals surface area contributed by atoms with Gasteiger partial charge in [-0.25, -0.2) is 4.79 Å². The normalized spacial score (nSPS) is 19.1. The zero-order valence-electron chi connectivity index (χ0n) is 11.2. The number of nitrogens with one attached hydrogen (secondary N) is 1. The zero-order valence-corrected chi connectivity index (χ0v) is 11.2. The number of carbonyl (C=O) groups excluding carboxylic acids is 2. The minimum absolute atomic E-state index is 0.0425. The van der Waals surface area contributed by atoms with Crippen molar-refractivity contribution in [2.45, 2.75) is 13.0 Å². The molecule has 5 heteroatoms. The number of methoxy groups -OCH3 is 1. The number of amides is 1. The summed E-state index contributed by atoms with van der Waals surface area (Å²) in [7, 11) is 1.33. The summed E-state index contributed by atoms with van der Waals surface area (Å²) in [5, 5.41) is 3.29. The van der Waals surface area contributed by atoms with Crippen LogP contribution in [0, 0.1) is 0 Å². The first-order valence-corrected chi connectivity index (χ1v) is 6.33. The topological polar surface area (TPSA) is 58.6 Å². The largest absolute Gasteiger partial charge is 0.465 e. The molecule has 0 bridgehead atoms. The molecular formula is C14H18N2O3. The van der Waals surface area contributed by atoms with E-state index in [0.29, 0.717) is 30.3 Å². The Balaban J connectivity index is 2.16. The van der Waals surface area contributed by atoms with E-state index in [1.54, 1.807) is 29.2 Å². The van der Waals surface area contributed by atoms with Crippen LogP contribution >= 0.6 is 0 Å². The van der Waals surface area contributed by atoms with Gasteiger partial charge < -0.3 is 15.0 Å². The lowest BCUT2D eigenvalue weighted by atomic mass is 10.1. The van der Waals surface area contributed by atoms with Gasteiger partial charge in [0.1, 0.15) is 0 Å². The van der Waals surface area contributed by atoms with Crippen LogP contribution in [0.5, 0.6) is 0 Å². The first-order chi connectivity index (χ1) is 9.11.